The summed E-state index contributed by atoms with van der Waals surface area (Å²) >= 11 is 0. The quantitative estimate of drug-likeness (QED) is 0.748. The van der Waals surface area contributed by atoms with Crippen LogP contribution >= 0.6 is 0 Å². The van der Waals surface area contributed by atoms with Gasteiger partial charge in [0.25, 0.3) is 5.91 Å². The predicted molar refractivity (Wildman–Crippen MR) is 91.7 cm³/mol. The zero-order chi connectivity index (χ0) is 16.9. The minimum Gasteiger partial charge on any atom is -0.449 e. The van der Waals surface area contributed by atoms with E-state index in [0.717, 1.165) is 10.8 Å². The minimum atomic E-state index is -0.912. The van der Waals surface area contributed by atoms with Gasteiger partial charge in [0.2, 0.25) is 0 Å². The van der Waals surface area contributed by atoms with Crippen LogP contribution in [0.1, 0.15) is 17.3 Å². The molecule has 0 aliphatic heterocycles. The summed E-state index contributed by atoms with van der Waals surface area (Å²) in [7, 11) is 0. The van der Waals surface area contributed by atoms with Gasteiger partial charge < -0.3 is 10.1 Å². The summed E-state index contributed by atoms with van der Waals surface area (Å²) in [5, 5.41) is 4.77. The van der Waals surface area contributed by atoms with Gasteiger partial charge in [0.1, 0.15) is 0 Å². The van der Waals surface area contributed by atoms with Gasteiger partial charge in [-0.15, -0.1) is 0 Å². The van der Waals surface area contributed by atoms with E-state index in [1.54, 1.807) is 6.92 Å². The fourth-order valence-corrected chi connectivity index (χ4v) is 2.34. The predicted octanol–water partition coefficient (Wildman–Crippen LogP) is 3.42. The summed E-state index contributed by atoms with van der Waals surface area (Å²) in [6.45, 7) is 1.54. The summed E-state index contributed by atoms with van der Waals surface area (Å²) in [5.41, 5.74) is 1.04. The summed E-state index contributed by atoms with van der Waals surface area (Å²) in [4.78, 5) is 28.2. The van der Waals surface area contributed by atoms with Gasteiger partial charge >= 0.3 is 5.97 Å². The van der Waals surface area contributed by atoms with Crippen LogP contribution in [0.15, 0.2) is 67.0 Å². The first-order valence-corrected chi connectivity index (χ1v) is 7.55. The minimum absolute atomic E-state index is 0.356. The highest BCUT2D eigenvalue weighted by Gasteiger charge is 2.19. The number of nitrogens with one attached hydrogen (secondary N) is 1. The molecule has 0 aliphatic rings. The Labute approximate surface area is 139 Å². The molecule has 1 atom stereocenters. The maximum absolute atomic E-state index is 12.3. The van der Waals surface area contributed by atoms with Crippen molar-refractivity contribution in [2.75, 3.05) is 5.32 Å². The number of esters is 1. The largest absolute Gasteiger partial charge is 0.449 e. The van der Waals surface area contributed by atoms with Gasteiger partial charge in [-0.3, -0.25) is 9.78 Å². The molecule has 3 aromatic rings. The first-order valence-electron chi connectivity index (χ1n) is 7.55. The van der Waals surface area contributed by atoms with Crippen LogP contribution in [-0.2, 0) is 9.53 Å². The maximum atomic E-state index is 12.3. The van der Waals surface area contributed by atoms with Crippen molar-refractivity contribution in [2.24, 2.45) is 0 Å². The highest BCUT2D eigenvalue weighted by molar-refractivity contribution is 6.04. The molecule has 0 saturated carbocycles. The lowest BCUT2D eigenvalue weighted by Gasteiger charge is -2.14. The van der Waals surface area contributed by atoms with Crippen molar-refractivity contribution < 1.29 is 14.3 Å². The van der Waals surface area contributed by atoms with Crippen molar-refractivity contribution in [1.29, 1.82) is 0 Å². The van der Waals surface area contributed by atoms with Crippen LogP contribution in [0.3, 0.4) is 0 Å². The average Bonchev–Trinajstić information content (AvgIpc) is 2.62. The standard InChI is InChI=1S/C19H16N2O3/c1-13(24-19(23)15-9-11-20-12-10-15)18(22)21-17-8-4-6-14-5-2-3-7-16(14)17/h2-13H,1H3,(H,21,22). The van der Waals surface area contributed by atoms with Gasteiger partial charge in [-0.2, -0.15) is 0 Å². The number of fused-ring (bicyclic) bond motifs is 1. The van der Waals surface area contributed by atoms with Crippen molar-refractivity contribution in [3.8, 4) is 0 Å². The zero-order valence-electron chi connectivity index (χ0n) is 13.1. The van der Waals surface area contributed by atoms with Crippen LogP contribution in [0.4, 0.5) is 5.69 Å². The molecule has 1 N–H and O–H groups in total. The topological polar surface area (TPSA) is 68.3 Å². The number of rotatable bonds is 4. The van der Waals surface area contributed by atoms with E-state index in [2.05, 4.69) is 10.3 Å². The average molecular weight is 320 g/mol. The number of hydrogen-bond donors (Lipinski definition) is 1. The second-order valence-corrected chi connectivity index (χ2v) is 5.30. The molecule has 5 nitrogen and oxygen atoms in total. The molecule has 1 amide bonds. The van der Waals surface area contributed by atoms with Crippen molar-refractivity contribution in [1.82, 2.24) is 4.98 Å². The Balaban J connectivity index is 1.71. The van der Waals surface area contributed by atoms with E-state index in [-0.39, 0.29) is 5.91 Å². The number of carbonyl (C=O) groups is 2. The van der Waals surface area contributed by atoms with Crippen LogP contribution in [0, 0.1) is 0 Å². The van der Waals surface area contributed by atoms with Gasteiger partial charge in [-0.25, -0.2) is 4.79 Å². The zero-order valence-corrected chi connectivity index (χ0v) is 13.1. The normalized spacial score (nSPS) is 11.7. The van der Waals surface area contributed by atoms with Crippen molar-refractivity contribution in [3.63, 3.8) is 0 Å². The summed E-state index contributed by atoms with van der Waals surface area (Å²) in [6.07, 6.45) is 2.08. The lowest BCUT2D eigenvalue weighted by molar-refractivity contribution is -0.123. The lowest BCUT2D eigenvalue weighted by atomic mass is 10.1. The number of anilines is 1. The highest BCUT2D eigenvalue weighted by atomic mass is 16.5. The van der Waals surface area contributed by atoms with E-state index in [9.17, 15) is 9.59 Å². The van der Waals surface area contributed by atoms with Crippen LogP contribution in [0.5, 0.6) is 0 Å². The smallest absolute Gasteiger partial charge is 0.339 e. The molecule has 0 fully saturated rings. The SMILES string of the molecule is CC(OC(=O)c1ccncc1)C(=O)Nc1cccc2ccccc12. The number of pyridine rings is 1. The van der Waals surface area contributed by atoms with E-state index in [1.807, 2.05) is 42.5 Å². The molecule has 120 valence electrons. The van der Waals surface area contributed by atoms with Crippen LogP contribution < -0.4 is 5.32 Å². The van der Waals surface area contributed by atoms with Gasteiger partial charge in [0.15, 0.2) is 6.10 Å². The molecule has 5 heteroatoms. The fraction of sp³-hybridized carbons (Fsp3) is 0.105. The third-order valence-electron chi connectivity index (χ3n) is 3.62. The Kier molecular flexibility index (Phi) is 4.52. The third-order valence-corrected chi connectivity index (χ3v) is 3.62. The van der Waals surface area contributed by atoms with Gasteiger partial charge in [0.05, 0.1) is 5.56 Å². The molecule has 0 radical (unpaired) electrons. The van der Waals surface area contributed by atoms with Gasteiger partial charge in [-0.1, -0.05) is 36.4 Å². The molecule has 0 bridgehead atoms. The molecule has 0 spiro atoms. The Morgan fingerprint density at radius 2 is 1.71 bits per heavy atom. The van der Waals surface area contributed by atoms with Crippen molar-refractivity contribution >= 4 is 28.3 Å². The van der Waals surface area contributed by atoms with E-state index >= 15 is 0 Å². The number of nitrogens with zero attached hydrogens (tertiary/aromatic N) is 1. The molecule has 1 aromatic heterocycles. The fourth-order valence-electron chi connectivity index (χ4n) is 2.34. The molecular formula is C19H16N2O3. The van der Waals surface area contributed by atoms with Gasteiger partial charge in [-0.05, 0) is 30.5 Å². The van der Waals surface area contributed by atoms with E-state index in [4.69, 9.17) is 4.74 Å². The van der Waals surface area contributed by atoms with Crippen molar-refractivity contribution in [2.45, 2.75) is 13.0 Å². The van der Waals surface area contributed by atoms with Gasteiger partial charge in [0, 0.05) is 23.5 Å². The van der Waals surface area contributed by atoms with Crippen LogP contribution in [0.25, 0.3) is 10.8 Å². The molecule has 3 rings (SSSR count). The Morgan fingerprint density at radius 1 is 1.00 bits per heavy atom. The first kappa shape index (κ1) is 15.7. The van der Waals surface area contributed by atoms with Crippen LogP contribution in [-0.4, -0.2) is 23.0 Å². The Bertz CT molecular complexity index is 873. The molecule has 1 heterocycles. The van der Waals surface area contributed by atoms with Crippen LogP contribution in [0.2, 0.25) is 0 Å². The monoisotopic (exact) mass is 320 g/mol. The molecule has 2 aromatic carbocycles. The number of ether oxygens (including phenoxy) is 1. The van der Waals surface area contributed by atoms with E-state index in [0.29, 0.717) is 11.3 Å². The second-order valence-electron chi connectivity index (χ2n) is 5.30. The third kappa shape index (κ3) is 3.41. The first-order chi connectivity index (χ1) is 11.6. The molecule has 24 heavy (non-hydrogen) atoms. The summed E-state index contributed by atoms with van der Waals surface area (Å²) in [6, 6.07) is 16.5. The molecule has 0 saturated heterocycles. The highest BCUT2D eigenvalue weighted by Crippen LogP contribution is 2.23. The number of aromatic nitrogens is 1. The maximum Gasteiger partial charge on any atom is 0.339 e. The van der Waals surface area contributed by atoms with E-state index in [1.165, 1.54) is 24.5 Å². The molecule has 0 aliphatic carbocycles. The van der Waals surface area contributed by atoms with E-state index < -0.39 is 12.1 Å². The number of hydrogen-bond acceptors (Lipinski definition) is 4. The number of benzene rings is 2. The summed E-state index contributed by atoms with van der Waals surface area (Å²) in [5.74, 6) is -0.938. The Morgan fingerprint density at radius 3 is 2.50 bits per heavy atom. The molecular weight excluding hydrogens is 304 g/mol. The second kappa shape index (κ2) is 6.91. The number of carbonyl (C=O) groups excluding carboxylic acids is 2. The van der Waals surface area contributed by atoms with Crippen molar-refractivity contribution in [3.05, 3.63) is 72.6 Å². The summed E-state index contributed by atoms with van der Waals surface area (Å²) < 4.78 is 5.20. The Hall–Kier alpha value is -3.21. The molecule has 1 unspecified atom stereocenters. The number of amides is 1. The lowest BCUT2D eigenvalue weighted by Crippen LogP contribution is -2.30.